The maximum absolute atomic E-state index is 14.4. The lowest BCUT2D eigenvalue weighted by Gasteiger charge is -2.19. The van der Waals surface area contributed by atoms with Gasteiger partial charge >= 0.3 is 5.69 Å². The van der Waals surface area contributed by atoms with Crippen molar-refractivity contribution < 1.29 is 22.3 Å². The number of hydrogen-bond donors (Lipinski definition) is 0. The van der Waals surface area contributed by atoms with Gasteiger partial charge in [-0.3, -0.25) is 9.13 Å². The van der Waals surface area contributed by atoms with Crippen LogP contribution in [0.1, 0.15) is 18.7 Å². The second-order valence-corrected chi connectivity index (χ2v) is 10.4. The summed E-state index contributed by atoms with van der Waals surface area (Å²) in [4.78, 5) is 17.9. The molecule has 0 bridgehead atoms. The minimum absolute atomic E-state index is 0.209. The van der Waals surface area contributed by atoms with Gasteiger partial charge in [0.1, 0.15) is 15.7 Å². The molecule has 4 aromatic rings. The van der Waals surface area contributed by atoms with E-state index in [-0.39, 0.29) is 17.5 Å². The van der Waals surface area contributed by atoms with Gasteiger partial charge < -0.3 is 9.47 Å². The van der Waals surface area contributed by atoms with Crippen LogP contribution in [0.15, 0.2) is 59.4 Å². The molecule has 4 rings (SSSR count). The van der Waals surface area contributed by atoms with Gasteiger partial charge in [-0.2, -0.15) is 0 Å². The van der Waals surface area contributed by atoms with Gasteiger partial charge in [0, 0.05) is 18.9 Å². The first-order valence-corrected chi connectivity index (χ1v) is 13.0. The number of pyridine rings is 1. The Morgan fingerprint density at radius 3 is 2.49 bits per heavy atom. The Labute approximate surface area is 202 Å². The van der Waals surface area contributed by atoms with Gasteiger partial charge in [-0.25, -0.2) is 22.6 Å². The quantitative estimate of drug-likeness (QED) is 0.368. The van der Waals surface area contributed by atoms with Crippen LogP contribution in [0, 0.1) is 5.82 Å². The highest BCUT2D eigenvalue weighted by molar-refractivity contribution is 7.90. The van der Waals surface area contributed by atoms with Crippen molar-refractivity contribution >= 4 is 20.9 Å². The van der Waals surface area contributed by atoms with Crippen LogP contribution < -0.4 is 15.2 Å². The van der Waals surface area contributed by atoms with Crippen molar-refractivity contribution in [3.8, 4) is 22.8 Å². The van der Waals surface area contributed by atoms with Crippen LogP contribution in [0.4, 0.5) is 4.39 Å². The van der Waals surface area contributed by atoms with Crippen molar-refractivity contribution in [2.24, 2.45) is 7.05 Å². The van der Waals surface area contributed by atoms with Gasteiger partial charge in [0.25, 0.3) is 5.88 Å². The third-order valence-electron chi connectivity index (χ3n) is 5.74. The van der Waals surface area contributed by atoms with Crippen molar-refractivity contribution in [1.82, 2.24) is 14.1 Å². The molecule has 0 saturated carbocycles. The number of rotatable bonds is 8. The zero-order valence-corrected chi connectivity index (χ0v) is 20.7. The summed E-state index contributed by atoms with van der Waals surface area (Å²) in [6, 6.07) is 13.8. The first-order valence-electron chi connectivity index (χ1n) is 11.0. The molecular weight excluding hydrogens is 473 g/mol. The molecule has 2 aromatic carbocycles. The van der Waals surface area contributed by atoms with Crippen LogP contribution in [0.25, 0.3) is 22.2 Å². The highest BCUT2D eigenvalue weighted by atomic mass is 32.2. The molecular formula is C25H26FN3O5S. The fourth-order valence-corrected chi connectivity index (χ4v) is 5.02. The number of fused-ring (bicyclic) bond motifs is 1. The predicted molar refractivity (Wildman–Crippen MR) is 132 cm³/mol. The smallest absolute Gasteiger partial charge is 0.329 e. The number of aryl methyl sites for hydroxylation is 1. The van der Waals surface area contributed by atoms with E-state index in [1.807, 2.05) is 0 Å². The molecule has 8 nitrogen and oxygen atoms in total. The molecule has 0 saturated heterocycles. The number of aromatic nitrogens is 3. The molecule has 0 fully saturated rings. The molecule has 0 N–H and O–H groups in total. The third kappa shape index (κ3) is 4.79. The Bertz CT molecular complexity index is 1560. The number of hydrogen-bond acceptors (Lipinski definition) is 6. The first-order chi connectivity index (χ1) is 16.6. The maximum Gasteiger partial charge on any atom is 0.329 e. The van der Waals surface area contributed by atoms with E-state index in [9.17, 15) is 17.6 Å². The van der Waals surface area contributed by atoms with E-state index < -0.39 is 21.6 Å². The van der Waals surface area contributed by atoms with Crippen molar-refractivity contribution in [3.05, 3.63) is 76.6 Å². The Balaban J connectivity index is 1.94. The van der Waals surface area contributed by atoms with Gasteiger partial charge in [-0.1, -0.05) is 24.3 Å². The molecule has 35 heavy (non-hydrogen) atoms. The van der Waals surface area contributed by atoms with Gasteiger partial charge in [0.15, 0.2) is 5.75 Å². The Kier molecular flexibility index (Phi) is 6.66. The van der Waals surface area contributed by atoms with Crippen LogP contribution in [0.5, 0.6) is 11.6 Å². The molecule has 2 heterocycles. The first kappa shape index (κ1) is 24.5. The van der Waals surface area contributed by atoms with Gasteiger partial charge in [0.2, 0.25) is 0 Å². The van der Waals surface area contributed by atoms with Crippen molar-refractivity contribution in [2.75, 3.05) is 25.7 Å². The zero-order chi connectivity index (χ0) is 25.3. The summed E-state index contributed by atoms with van der Waals surface area (Å²) < 4.78 is 52.9. The Morgan fingerprint density at radius 1 is 1.09 bits per heavy atom. The highest BCUT2D eigenvalue weighted by Gasteiger charge is 2.27. The Morgan fingerprint density at radius 2 is 1.83 bits per heavy atom. The summed E-state index contributed by atoms with van der Waals surface area (Å²) in [5.74, 6) is -0.127. The monoisotopic (exact) mass is 499 g/mol. The molecule has 0 aliphatic rings. The van der Waals surface area contributed by atoms with Crippen molar-refractivity contribution in [1.29, 1.82) is 0 Å². The van der Waals surface area contributed by atoms with E-state index in [0.29, 0.717) is 40.2 Å². The normalized spacial score (nSPS) is 12.6. The van der Waals surface area contributed by atoms with Crippen LogP contribution in [0.3, 0.4) is 0 Å². The van der Waals surface area contributed by atoms with Crippen molar-refractivity contribution in [2.45, 2.75) is 13.0 Å². The number of imidazole rings is 1. The lowest BCUT2D eigenvalue weighted by Crippen LogP contribution is -2.31. The molecule has 10 heteroatoms. The van der Waals surface area contributed by atoms with Gasteiger partial charge in [0.05, 0.1) is 42.2 Å². The van der Waals surface area contributed by atoms with E-state index in [4.69, 9.17) is 9.47 Å². The summed E-state index contributed by atoms with van der Waals surface area (Å²) in [7, 11) is -0.448. The second kappa shape index (κ2) is 9.53. The SMILES string of the molecule is CCOc1nc(C(CS(C)(=O)=O)n2c(=O)n(C)c3cc(-c4ccccc4F)ccc32)ccc1OC. The van der Waals surface area contributed by atoms with E-state index in [1.165, 1.54) is 22.3 Å². The minimum atomic E-state index is -3.52. The molecule has 2 aromatic heterocycles. The minimum Gasteiger partial charge on any atom is -0.491 e. The molecule has 0 aliphatic heterocycles. The summed E-state index contributed by atoms with van der Waals surface area (Å²) in [6.07, 6.45) is 1.11. The molecule has 0 spiro atoms. The molecule has 184 valence electrons. The predicted octanol–water partition coefficient (Wildman–Crippen LogP) is 3.58. The number of methoxy groups -OCH3 is 1. The van der Waals surface area contributed by atoms with Gasteiger partial charge in [-0.05, 0) is 42.8 Å². The molecule has 1 atom stereocenters. The number of halogens is 1. The van der Waals surface area contributed by atoms with E-state index >= 15 is 0 Å². The largest absolute Gasteiger partial charge is 0.491 e. The second-order valence-electron chi connectivity index (χ2n) is 8.18. The average Bonchev–Trinajstić information content (AvgIpc) is 3.07. The number of benzene rings is 2. The number of nitrogens with zero attached hydrogens (tertiary/aromatic N) is 3. The van der Waals surface area contributed by atoms with Crippen LogP contribution in [0.2, 0.25) is 0 Å². The fourth-order valence-electron chi connectivity index (χ4n) is 4.13. The molecule has 1 unspecified atom stereocenters. The van der Waals surface area contributed by atoms with Crippen LogP contribution >= 0.6 is 0 Å². The standard InChI is InChI=1S/C25H26FN3O5S/c1-5-34-24-23(33-3)13-11-19(27-24)22(15-35(4,31)32)29-20-12-10-16(14-21(20)28(2)25(29)30)17-8-6-7-9-18(17)26/h6-14,22H,5,15H2,1-4H3. The summed E-state index contributed by atoms with van der Waals surface area (Å²) in [5, 5.41) is 0. The topological polar surface area (TPSA) is 92.4 Å². The average molecular weight is 500 g/mol. The zero-order valence-electron chi connectivity index (χ0n) is 19.9. The summed E-state index contributed by atoms with van der Waals surface area (Å²) in [5.41, 5.74) is 1.96. The molecule has 0 amide bonds. The van der Waals surface area contributed by atoms with E-state index in [2.05, 4.69) is 4.98 Å². The van der Waals surface area contributed by atoms with Gasteiger partial charge in [-0.15, -0.1) is 0 Å². The lowest BCUT2D eigenvalue weighted by atomic mass is 10.0. The maximum atomic E-state index is 14.4. The van der Waals surface area contributed by atoms with E-state index in [1.54, 1.807) is 62.5 Å². The third-order valence-corrected chi connectivity index (χ3v) is 6.66. The number of sulfone groups is 1. The summed E-state index contributed by atoms with van der Waals surface area (Å²) >= 11 is 0. The summed E-state index contributed by atoms with van der Waals surface area (Å²) in [6.45, 7) is 2.13. The Hall–Kier alpha value is -3.66. The van der Waals surface area contributed by atoms with Crippen LogP contribution in [-0.2, 0) is 16.9 Å². The van der Waals surface area contributed by atoms with Crippen LogP contribution in [-0.4, -0.2) is 48.3 Å². The highest BCUT2D eigenvalue weighted by Crippen LogP contribution is 2.31. The molecule has 0 radical (unpaired) electrons. The van der Waals surface area contributed by atoms with Crippen molar-refractivity contribution in [3.63, 3.8) is 0 Å². The lowest BCUT2D eigenvalue weighted by molar-refractivity contribution is 0.296. The fraction of sp³-hybridized carbons (Fsp3) is 0.280. The van der Waals surface area contributed by atoms with E-state index in [0.717, 1.165) is 6.26 Å². The molecule has 0 aliphatic carbocycles. The number of ether oxygens (including phenoxy) is 2.